The van der Waals surface area contributed by atoms with E-state index < -0.39 is 42.4 Å². The molecule has 1 aromatic carbocycles. The molecule has 0 aliphatic heterocycles. The van der Waals surface area contributed by atoms with Gasteiger partial charge in [-0.25, -0.2) is 0 Å². The van der Waals surface area contributed by atoms with Gasteiger partial charge in [-0.3, -0.25) is 19.2 Å². The van der Waals surface area contributed by atoms with Gasteiger partial charge in [0.1, 0.15) is 18.6 Å². The number of nitrogens with two attached hydrogens (primary N) is 1. The Morgan fingerprint density at radius 2 is 1.83 bits per heavy atom. The van der Waals surface area contributed by atoms with E-state index in [1.807, 2.05) is 0 Å². The van der Waals surface area contributed by atoms with Gasteiger partial charge < -0.3 is 36.8 Å². The molecule has 2 amide bonds. The Bertz CT molecular complexity index is 815. The van der Waals surface area contributed by atoms with Crippen LogP contribution < -0.4 is 16.4 Å². The second kappa shape index (κ2) is 12.3. The number of carbonyl (C=O) groups excluding carboxylic acids is 2. The Kier molecular flexibility index (Phi) is 10.2. The highest BCUT2D eigenvalue weighted by Gasteiger charge is 2.22. The van der Waals surface area contributed by atoms with Crippen LogP contribution in [-0.2, 0) is 19.2 Å². The number of amides is 2. The summed E-state index contributed by atoms with van der Waals surface area (Å²) in [6, 6.07) is 1.91. The van der Waals surface area contributed by atoms with Crippen LogP contribution in [0.15, 0.2) is 23.6 Å². The summed E-state index contributed by atoms with van der Waals surface area (Å²) >= 11 is 1.13. The first-order valence-corrected chi connectivity index (χ1v) is 9.72. The van der Waals surface area contributed by atoms with Gasteiger partial charge in [0, 0.05) is 12.2 Å². The van der Waals surface area contributed by atoms with E-state index in [0.29, 0.717) is 5.56 Å². The minimum Gasteiger partial charge on any atom is -0.504 e. The van der Waals surface area contributed by atoms with Crippen molar-refractivity contribution in [2.45, 2.75) is 24.9 Å². The molecule has 0 bridgehead atoms. The standard InChI is InChI=1S/C18H23N3O8S/c19-11(18(28)29)2-4-15(24)21-12(17(27)20-8-16(25)26)9-30-6-5-10-1-3-13(22)14(23)7-10/h1,3,5-7,11-12,22-23H,2,4,8-9,19H2,(H,20,27)(H,21,24)(H,25,26)(H,28,29)/b6-5+/t11-,12-/m0/s1. The molecule has 11 nitrogen and oxygen atoms in total. The summed E-state index contributed by atoms with van der Waals surface area (Å²) in [5.41, 5.74) is 5.92. The van der Waals surface area contributed by atoms with Crippen LogP contribution in [0.3, 0.4) is 0 Å². The van der Waals surface area contributed by atoms with Crippen molar-refractivity contribution < 1.29 is 39.6 Å². The molecule has 1 rings (SSSR count). The van der Waals surface area contributed by atoms with E-state index in [1.165, 1.54) is 12.1 Å². The van der Waals surface area contributed by atoms with E-state index in [-0.39, 0.29) is 30.1 Å². The van der Waals surface area contributed by atoms with E-state index in [1.54, 1.807) is 17.6 Å². The van der Waals surface area contributed by atoms with Gasteiger partial charge in [0.05, 0.1) is 0 Å². The predicted octanol–water partition coefficient (Wildman–Crippen LogP) is -0.321. The maximum atomic E-state index is 12.2. The minimum atomic E-state index is -1.25. The van der Waals surface area contributed by atoms with E-state index in [2.05, 4.69) is 10.6 Å². The van der Waals surface area contributed by atoms with Crippen LogP contribution >= 0.6 is 11.8 Å². The Balaban J connectivity index is 2.67. The first-order chi connectivity index (χ1) is 14.1. The van der Waals surface area contributed by atoms with E-state index in [4.69, 9.17) is 15.9 Å². The van der Waals surface area contributed by atoms with Gasteiger partial charge in [-0.1, -0.05) is 6.07 Å². The van der Waals surface area contributed by atoms with Crippen LogP contribution in [0.25, 0.3) is 6.08 Å². The van der Waals surface area contributed by atoms with Crippen LogP contribution in [-0.4, -0.2) is 68.6 Å². The first kappa shape index (κ1) is 24.8. The predicted molar refractivity (Wildman–Crippen MR) is 109 cm³/mol. The van der Waals surface area contributed by atoms with Crippen LogP contribution in [0, 0.1) is 0 Å². The summed E-state index contributed by atoms with van der Waals surface area (Å²) < 4.78 is 0. The molecule has 0 fully saturated rings. The molecule has 0 aliphatic carbocycles. The molecule has 0 spiro atoms. The highest BCUT2D eigenvalue weighted by atomic mass is 32.2. The van der Waals surface area contributed by atoms with Crippen LogP contribution in [0.4, 0.5) is 0 Å². The van der Waals surface area contributed by atoms with Crippen LogP contribution in [0.5, 0.6) is 11.5 Å². The molecule has 2 atom stereocenters. The molecular weight excluding hydrogens is 418 g/mol. The van der Waals surface area contributed by atoms with Gasteiger partial charge in [-0.05, 0) is 35.6 Å². The number of benzene rings is 1. The number of carboxylic acid groups (broad SMARTS) is 2. The Morgan fingerprint density at radius 1 is 1.13 bits per heavy atom. The van der Waals surface area contributed by atoms with E-state index >= 15 is 0 Å². The van der Waals surface area contributed by atoms with Crippen LogP contribution in [0.1, 0.15) is 18.4 Å². The lowest BCUT2D eigenvalue weighted by Gasteiger charge is -2.17. The summed E-state index contributed by atoms with van der Waals surface area (Å²) in [5, 5.41) is 42.4. The lowest BCUT2D eigenvalue weighted by molar-refractivity contribution is -0.139. The zero-order chi connectivity index (χ0) is 22.7. The van der Waals surface area contributed by atoms with Crippen molar-refractivity contribution in [1.29, 1.82) is 0 Å². The normalized spacial score (nSPS) is 12.8. The van der Waals surface area contributed by atoms with E-state index in [9.17, 15) is 29.4 Å². The third kappa shape index (κ3) is 9.30. The number of carbonyl (C=O) groups is 4. The van der Waals surface area contributed by atoms with Crippen molar-refractivity contribution in [3.05, 3.63) is 29.2 Å². The summed E-state index contributed by atoms with van der Waals surface area (Å²) in [6.45, 7) is -0.623. The minimum absolute atomic E-state index is 0.0583. The monoisotopic (exact) mass is 441 g/mol. The van der Waals surface area contributed by atoms with Crippen molar-refractivity contribution in [3.63, 3.8) is 0 Å². The number of phenols is 2. The summed E-state index contributed by atoms with van der Waals surface area (Å²) in [6.07, 6.45) is 1.26. The second-order valence-electron chi connectivity index (χ2n) is 6.10. The third-order valence-electron chi connectivity index (χ3n) is 3.68. The largest absolute Gasteiger partial charge is 0.504 e. The average Bonchev–Trinajstić information content (AvgIpc) is 2.68. The molecule has 12 heteroatoms. The van der Waals surface area contributed by atoms with Gasteiger partial charge in [-0.15, -0.1) is 11.8 Å². The first-order valence-electron chi connectivity index (χ1n) is 8.67. The summed E-state index contributed by atoms with van der Waals surface area (Å²) in [5.74, 6) is -4.31. The third-order valence-corrected chi connectivity index (χ3v) is 4.54. The Labute approximate surface area is 176 Å². The molecule has 0 aromatic heterocycles. The molecule has 30 heavy (non-hydrogen) atoms. The molecular formula is C18H23N3O8S. The fraction of sp³-hybridized carbons (Fsp3) is 0.333. The summed E-state index contributed by atoms with van der Waals surface area (Å²) in [7, 11) is 0. The van der Waals surface area contributed by atoms with Gasteiger partial charge >= 0.3 is 11.9 Å². The number of aromatic hydroxyl groups is 2. The summed E-state index contributed by atoms with van der Waals surface area (Å²) in [4.78, 5) is 45.5. The van der Waals surface area contributed by atoms with Gasteiger partial charge in [-0.2, -0.15) is 0 Å². The Hall–Kier alpha value is -3.25. The number of nitrogens with one attached hydrogen (secondary N) is 2. The lowest BCUT2D eigenvalue weighted by Crippen LogP contribution is -2.49. The van der Waals surface area contributed by atoms with Gasteiger partial charge in [0.25, 0.3) is 0 Å². The molecule has 0 heterocycles. The number of rotatable bonds is 12. The fourth-order valence-electron chi connectivity index (χ4n) is 2.07. The Morgan fingerprint density at radius 3 is 2.43 bits per heavy atom. The molecule has 8 N–H and O–H groups in total. The number of carboxylic acids is 2. The maximum Gasteiger partial charge on any atom is 0.322 e. The van der Waals surface area contributed by atoms with Crippen molar-refractivity contribution in [1.82, 2.24) is 10.6 Å². The number of hydrogen-bond acceptors (Lipinski definition) is 8. The zero-order valence-corrected chi connectivity index (χ0v) is 16.6. The highest BCUT2D eigenvalue weighted by molar-refractivity contribution is 8.02. The van der Waals surface area contributed by atoms with Crippen LogP contribution in [0.2, 0.25) is 0 Å². The molecule has 1 aromatic rings. The SMILES string of the molecule is N[C@@H](CCC(=O)N[C@@H](CS/C=C/c1ccc(O)c(O)c1)C(=O)NCC(=O)O)C(=O)O. The van der Waals surface area contributed by atoms with Crippen molar-refractivity contribution in [3.8, 4) is 11.5 Å². The smallest absolute Gasteiger partial charge is 0.322 e. The fourth-order valence-corrected chi connectivity index (χ4v) is 2.86. The average molecular weight is 441 g/mol. The van der Waals surface area contributed by atoms with E-state index in [0.717, 1.165) is 11.8 Å². The second-order valence-corrected chi connectivity index (χ2v) is 7.04. The van der Waals surface area contributed by atoms with Gasteiger partial charge in [0.2, 0.25) is 11.8 Å². The molecule has 0 saturated heterocycles. The zero-order valence-electron chi connectivity index (χ0n) is 15.8. The number of hydrogen-bond donors (Lipinski definition) is 7. The molecule has 0 saturated carbocycles. The number of thioether (sulfide) groups is 1. The molecule has 0 unspecified atom stereocenters. The number of aliphatic carboxylic acids is 2. The quantitative estimate of drug-likeness (QED) is 0.211. The highest BCUT2D eigenvalue weighted by Crippen LogP contribution is 2.25. The lowest BCUT2D eigenvalue weighted by atomic mass is 10.1. The molecule has 0 aliphatic rings. The van der Waals surface area contributed by atoms with Crippen molar-refractivity contribution >= 4 is 41.6 Å². The van der Waals surface area contributed by atoms with Crippen molar-refractivity contribution in [2.24, 2.45) is 5.73 Å². The number of phenolic OH excluding ortho intramolecular Hbond substituents is 2. The van der Waals surface area contributed by atoms with Crippen molar-refractivity contribution in [2.75, 3.05) is 12.3 Å². The maximum absolute atomic E-state index is 12.2. The molecule has 0 radical (unpaired) electrons. The molecule has 164 valence electrons. The van der Waals surface area contributed by atoms with Gasteiger partial charge in [0.15, 0.2) is 11.5 Å². The topological polar surface area (TPSA) is 199 Å².